The van der Waals surface area contributed by atoms with Gasteiger partial charge in [-0.15, -0.1) is 0 Å². The number of sulfonamides is 3. The van der Waals surface area contributed by atoms with Gasteiger partial charge in [0, 0.05) is 77.7 Å². The molecule has 4 aromatic rings. The van der Waals surface area contributed by atoms with Crippen LogP contribution >= 0.6 is 0 Å². The summed E-state index contributed by atoms with van der Waals surface area (Å²) in [5, 5.41) is 2.24. The fraction of sp³-hybridized carbons (Fsp3) is 0.515. The van der Waals surface area contributed by atoms with Crippen LogP contribution in [0.25, 0.3) is 32.3 Å². The highest BCUT2D eigenvalue weighted by molar-refractivity contribution is 7.90. The normalized spacial score (nSPS) is 19.5. The van der Waals surface area contributed by atoms with Crippen molar-refractivity contribution in [1.82, 2.24) is 12.9 Å². The van der Waals surface area contributed by atoms with E-state index in [4.69, 9.17) is 24.7 Å². The zero-order valence-corrected chi connectivity index (χ0v) is 30.2. The first kappa shape index (κ1) is 35.7. The van der Waals surface area contributed by atoms with Gasteiger partial charge in [-0.1, -0.05) is 18.2 Å². The summed E-state index contributed by atoms with van der Waals surface area (Å²) in [4.78, 5) is -0.338. The summed E-state index contributed by atoms with van der Waals surface area (Å²) < 4.78 is 113. The molecule has 0 amide bonds. The van der Waals surface area contributed by atoms with Gasteiger partial charge in [-0.25, -0.2) is 25.3 Å². The molecule has 3 heterocycles. The van der Waals surface area contributed by atoms with E-state index < -0.39 is 30.1 Å². The van der Waals surface area contributed by atoms with E-state index in [-0.39, 0.29) is 93.6 Å². The highest BCUT2D eigenvalue weighted by Gasteiger charge is 2.36. The van der Waals surface area contributed by atoms with E-state index in [1.165, 1.54) is 25.0 Å². The third-order valence-electron chi connectivity index (χ3n) is 9.62. The molecule has 0 unspecified atom stereocenters. The lowest BCUT2D eigenvalue weighted by molar-refractivity contribution is 0.0729. The minimum absolute atomic E-state index is 0.00251. The Labute approximate surface area is 292 Å². The fourth-order valence-electron chi connectivity index (χ4n) is 7.01. The van der Waals surface area contributed by atoms with Crippen LogP contribution in [0.2, 0.25) is 0 Å². The molecular formula is C33H42N4O10S3. The Balaban J connectivity index is 1.54. The fourth-order valence-corrected chi connectivity index (χ4v) is 11.9. The predicted octanol–water partition coefficient (Wildman–Crippen LogP) is 2.15. The third kappa shape index (κ3) is 6.35. The van der Waals surface area contributed by atoms with Gasteiger partial charge in [0.15, 0.2) is 0 Å². The molecule has 0 aliphatic carbocycles. The van der Waals surface area contributed by atoms with Crippen molar-refractivity contribution in [3.05, 3.63) is 36.4 Å². The first-order valence-electron chi connectivity index (χ1n) is 16.9. The minimum Gasteiger partial charge on any atom is -0.493 e. The van der Waals surface area contributed by atoms with E-state index in [2.05, 4.69) is 0 Å². The van der Waals surface area contributed by atoms with Crippen molar-refractivity contribution in [1.29, 1.82) is 0 Å². The molecule has 50 heavy (non-hydrogen) atoms. The molecule has 0 aromatic heterocycles. The number of unbranched alkanes of at least 4 members (excludes halogenated alkanes) is 2. The number of nitrogens with zero attached hydrogens (tertiary/aromatic N) is 3. The summed E-state index contributed by atoms with van der Waals surface area (Å²) in [6.07, 6.45) is 2.33. The van der Waals surface area contributed by atoms with Gasteiger partial charge in [0.05, 0.1) is 60.9 Å². The Kier molecular flexibility index (Phi) is 10.3. The van der Waals surface area contributed by atoms with Gasteiger partial charge in [0.25, 0.3) is 0 Å². The number of nitrogens with two attached hydrogens (primary N) is 1. The number of hydrogen-bond acceptors (Lipinski definition) is 11. The average Bonchev–Trinajstić information content (AvgIpc) is 3.14. The van der Waals surface area contributed by atoms with Crippen LogP contribution in [0.3, 0.4) is 0 Å². The quantitative estimate of drug-likeness (QED) is 0.166. The second-order valence-electron chi connectivity index (χ2n) is 12.6. The van der Waals surface area contributed by atoms with Crippen LogP contribution in [0, 0.1) is 0 Å². The molecule has 0 atom stereocenters. The molecule has 3 aliphatic rings. The molecule has 0 spiro atoms. The maximum Gasteiger partial charge on any atom is 0.243 e. The molecule has 7 rings (SSSR count). The number of rotatable bonds is 12. The third-order valence-corrected chi connectivity index (χ3v) is 15.4. The van der Waals surface area contributed by atoms with Crippen LogP contribution in [-0.4, -0.2) is 130 Å². The Bertz CT molecular complexity index is 2130. The smallest absolute Gasteiger partial charge is 0.243 e. The number of ether oxygens (including phenoxy) is 4. The molecule has 0 saturated carbocycles. The Morgan fingerprint density at radius 3 is 1.34 bits per heavy atom. The summed E-state index contributed by atoms with van der Waals surface area (Å²) >= 11 is 0. The van der Waals surface area contributed by atoms with Crippen molar-refractivity contribution in [3.8, 4) is 5.75 Å². The summed E-state index contributed by atoms with van der Waals surface area (Å²) in [7, 11) is -12.5. The van der Waals surface area contributed by atoms with E-state index >= 15 is 0 Å². The van der Waals surface area contributed by atoms with Crippen molar-refractivity contribution in [3.63, 3.8) is 0 Å². The van der Waals surface area contributed by atoms with Gasteiger partial charge in [-0.2, -0.15) is 12.9 Å². The predicted molar refractivity (Wildman–Crippen MR) is 187 cm³/mol. The molecule has 272 valence electrons. The van der Waals surface area contributed by atoms with E-state index in [9.17, 15) is 25.3 Å². The van der Waals surface area contributed by atoms with Gasteiger partial charge in [-0.05, 0) is 37.9 Å². The number of morpholine rings is 3. The van der Waals surface area contributed by atoms with Crippen molar-refractivity contribution in [2.45, 2.75) is 33.9 Å². The molecule has 3 fully saturated rings. The minimum atomic E-state index is -4.23. The van der Waals surface area contributed by atoms with Crippen LogP contribution in [0.4, 0.5) is 0 Å². The van der Waals surface area contributed by atoms with Gasteiger partial charge in [0.2, 0.25) is 30.1 Å². The summed E-state index contributed by atoms with van der Waals surface area (Å²) in [6.45, 7) is 2.96. The van der Waals surface area contributed by atoms with Crippen LogP contribution in [0.5, 0.6) is 5.75 Å². The van der Waals surface area contributed by atoms with Gasteiger partial charge >= 0.3 is 0 Å². The molecule has 4 aromatic carbocycles. The molecule has 3 aliphatic heterocycles. The molecule has 2 N–H and O–H groups in total. The molecule has 3 saturated heterocycles. The second-order valence-corrected chi connectivity index (χ2v) is 18.3. The zero-order chi connectivity index (χ0) is 35.1. The van der Waals surface area contributed by atoms with E-state index in [1.54, 1.807) is 24.3 Å². The lowest BCUT2D eigenvalue weighted by Crippen LogP contribution is -2.41. The summed E-state index contributed by atoms with van der Waals surface area (Å²) in [5.41, 5.74) is 5.67. The standard InChI is InChI=1S/C33H42N4O10S3/c34-8-2-1-3-15-47-28-22-29(48(38,39)35-9-16-44-17-10-35)25-6-7-27-31(50(42,43)37-13-20-46-21-14-37)23-30(26-5-4-24(28)32(25)33(26)27)49(40,41)36-11-18-45-19-12-36/h4-7,22-23H,1-3,8-21,34H2. The van der Waals surface area contributed by atoms with Crippen LogP contribution in [0.1, 0.15) is 19.3 Å². The monoisotopic (exact) mass is 750 g/mol. The topological polar surface area (TPSA) is 175 Å². The highest BCUT2D eigenvalue weighted by Crippen LogP contribution is 2.46. The molecular weight excluding hydrogens is 709 g/mol. The summed E-state index contributed by atoms with van der Waals surface area (Å²) in [6, 6.07) is 9.41. The lowest BCUT2D eigenvalue weighted by atomic mass is 9.93. The number of benzene rings is 4. The summed E-state index contributed by atoms with van der Waals surface area (Å²) in [5.74, 6) is 0.311. The largest absolute Gasteiger partial charge is 0.493 e. The van der Waals surface area contributed by atoms with Crippen molar-refractivity contribution < 1.29 is 44.2 Å². The molecule has 14 nitrogen and oxygen atoms in total. The SMILES string of the molecule is NCCCCCOc1cc(S(=O)(=O)N2CCOCC2)c2ccc3c(S(=O)(=O)N4CCOCC4)cc(S(=O)(=O)N4CCOCC4)c4ccc1c2c43. The van der Waals surface area contributed by atoms with E-state index in [1.807, 2.05) is 0 Å². The maximum absolute atomic E-state index is 14.4. The van der Waals surface area contributed by atoms with E-state index in [0.717, 1.165) is 12.8 Å². The first-order valence-corrected chi connectivity index (χ1v) is 21.2. The van der Waals surface area contributed by atoms with Crippen molar-refractivity contribution >= 4 is 62.4 Å². The van der Waals surface area contributed by atoms with Crippen LogP contribution in [-0.2, 0) is 44.3 Å². The Morgan fingerprint density at radius 2 is 0.920 bits per heavy atom. The van der Waals surface area contributed by atoms with E-state index in [0.29, 0.717) is 57.6 Å². The first-order chi connectivity index (χ1) is 24.1. The average molecular weight is 751 g/mol. The van der Waals surface area contributed by atoms with Gasteiger partial charge in [-0.3, -0.25) is 0 Å². The molecule has 0 radical (unpaired) electrons. The van der Waals surface area contributed by atoms with Crippen molar-refractivity contribution in [2.24, 2.45) is 5.73 Å². The van der Waals surface area contributed by atoms with Crippen LogP contribution in [0.15, 0.2) is 51.1 Å². The highest BCUT2D eigenvalue weighted by atomic mass is 32.2. The lowest BCUT2D eigenvalue weighted by Gasteiger charge is -2.30. The second kappa shape index (κ2) is 14.4. The molecule has 17 heteroatoms. The van der Waals surface area contributed by atoms with Crippen molar-refractivity contribution in [2.75, 3.05) is 92.1 Å². The zero-order valence-electron chi connectivity index (χ0n) is 27.7. The Morgan fingerprint density at radius 1 is 0.540 bits per heavy atom. The van der Waals surface area contributed by atoms with Gasteiger partial charge < -0.3 is 24.7 Å². The number of hydrogen-bond donors (Lipinski definition) is 1. The van der Waals surface area contributed by atoms with Gasteiger partial charge in [0.1, 0.15) is 5.75 Å². The maximum atomic E-state index is 14.4. The van der Waals surface area contributed by atoms with Crippen LogP contribution < -0.4 is 10.5 Å². The Hall–Kier alpha value is -2.71. The molecule has 0 bridgehead atoms.